The van der Waals surface area contributed by atoms with Crippen molar-refractivity contribution >= 4 is 11.5 Å². The molecule has 8 heteroatoms. The number of aromatic nitrogens is 2. The van der Waals surface area contributed by atoms with Crippen LogP contribution in [0.4, 0.5) is 11.5 Å². The molecule has 1 unspecified atom stereocenters. The van der Waals surface area contributed by atoms with Gasteiger partial charge in [0.25, 0.3) is 5.69 Å². The summed E-state index contributed by atoms with van der Waals surface area (Å²) in [5.74, 6) is 2.12. The van der Waals surface area contributed by atoms with Gasteiger partial charge in [0.05, 0.1) is 17.2 Å². The molecule has 0 spiro atoms. The van der Waals surface area contributed by atoms with E-state index < -0.39 is 4.92 Å². The van der Waals surface area contributed by atoms with E-state index in [1.165, 1.54) is 12.1 Å². The lowest BCUT2D eigenvalue weighted by Crippen LogP contribution is -2.26. The topological polar surface area (TPSA) is 97.3 Å². The summed E-state index contributed by atoms with van der Waals surface area (Å²) in [5, 5.41) is 14.2. The molecule has 28 heavy (non-hydrogen) atoms. The first kappa shape index (κ1) is 19.5. The third kappa shape index (κ3) is 4.52. The Morgan fingerprint density at radius 1 is 1.21 bits per heavy atom. The van der Waals surface area contributed by atoms with Crippen molar-refractivity contribution in [3.63, 3.8) is 0 Å². The molecule has 1 aromatic carbocycles. The van der Waals surface area contributed by atoms with Gasteiger partial charge in [-0.1, -0.05) is 6.92 Å². The maximum absolute atomic E-state index is 10.9. The van der Waals surface area contributed by atoms with Gasteiger partial charge in [0.2, 0.25) is 0 Å². The Morgan fingerprint density at radius 3 is 2.54 bits per heavy atom. The highest BCUT2D eigenvalue weighted by Crippen LogP contribution is 2.23. The molecule has 0 aliphatic carbocycles. The van der Waals surface area contributed by atoms with Crippen LogP contribution in [0.1, 0.15) is 24.4 Å². The minimum absolute atomic E-state index is 0.0426. The summed E-state index contributed by atoms with van der Waals surface area (Å²) in [6.07, 6.45) is 2.42. The SMILES string of the molecule is CCc1cc(NCC(c2ccco2)N(C)C)nc(-c2ccc([N+](=O)[O-])cc2)n1. The fourth-order valence-corrected chi connectivity index (χ4v) is 2.85. The molecule has 3 aromatic rings. The summed E-state index contributed by atoms with van der Waals surface area (Å²) >= 11 is 0. The van der Waals surface area contributed by atoms with Crippen LogP contribution in [0, 0.1) is 10.1 Å². The van der Waals surface area contributed by atoms with Crippen molar-refractivity contribution in [3.05, 3.63) is 70.3 Å². The molecule has 3 rings (SSSR count). The number of nitro groups is 1. The van der Waals surface area contributed by atoms with Gasteiger partial charge in [0.15, 0.2) is 5.82 Å². The highest BCUT2D eigenvalue weighted by Gasteiger charge is 2.17. The van der Waals surface area contributed by atoms with Crippen molar-refractivity contribution in [1.82, 2.24) is 14.9 Å². The molecule has 1 N–H and O–H groups in total. The van der Waals surface area contributed by atoms with E-state index in [0.717, 1.165) is 23.4 Å². The van der Waals surface area contributed by atoms with Gasteiger partial charge < -0.3 is 9.73 Å². The number of aryl methyl sites for hydroxylation is 1. The Labute approximate surface area is 163 Å². The van der Waals surface area contributed by atoms with E-state index in [1.807, 2.05) is 39.2 Å². The first-order valence-electron chi connectivity index (χ1n) is 9.04. The summed E-state index contributed by atoms with van der Waals surface area (Å²) in [7, 11) is 3.99. The number of nitrogens with one attached hydrogen (secondary N) is 1. The molecule has 2 heterocycles. The van der Waals surface area contributed by atoms with E-state index in [9.17, 15) is 10.1 Å². The maximum atomic E-state index is 10.9. The van der Waals surface area contributed by atoms with Crippen LogP contribution >= 0.6 is 0 Å². The molecule has 2 aromatic heterocycles. The molecular weight excluding hydrogens is 358 g/mol. The number of rotatable bonds is 8. The van der Waals surface area contributed by atoms with Crippen LogP contribution in [0.5, 0.6) is 0 Å². The highest BCUT2D eigenvalue weighted by molar-refractivity contribution is 5.59. The van der Waals surface area contributed by atoms with Crippen LogP contribution in [-0.2, 0) is 6.42 Å². The van der Waals surface area contributed by atoms with Gasteiger partial charge in [0.1, 0.15) is 11.6 Å². The molecular formula is C20H23N5O3. The molecule has 0 amide bonds. The van der Waals surface area contributed by atoms with Gasteiger partial charge in [-0.15, -0.1) is 0 Å². The summed E-state index contributed by atoms with van der Waals surface area (Å²) in [6.45, 7) is 2.64. The van der Waals surface area contributed by atoms with Crippen LogP contribution in [0.3, 0.4) is 0 Å². The Kier molecular flexibility index (Phi) is 6.00. The van der Waals surface area contributed by atoms with Crippen LogP contribution in [-0.4, -0.2) is 40.4 Å². The number of anilines is 1. The first-order chi connectivity index (χ1) is 13.5. The second kappa shape index (κ2) is 8.62. The van der Waals surface area contributed by atoms with Crippen LogP contribution in [0.25, 0.3) is 11.4 Å². The normalized spacial score (nSPS) is 12.1. The van der Waals surface area contributed by atoms with Crippen molar-refractivity contribution < 1.29 is 9.34 Å². The van der Waals surface area contributed by atoms with Gasteiger partial charge in [-0.3, -0.25) is 15.0 Å². The zero-order valence-electron chi connectivity index (χ0n) is 16.1. The number of hydrogen-bond acceptors (Lipinski definition) is 7. The van der Waals surface area contributed by atoms with Crippen molar-refractivity contribution in [3.8, 4) is 11.4 Å². The Bertz CT molecular complexity index is 924. The molecule has 8 nitrogen and oxygen atoms in total. The number of furan rings is 1. The monoisotopic (exact) mass is 381 g/mol. The molecule has 0 aliphatic rings. The minimum Gasteiger partial charge on any atom is -0.468 e. The number of benzene rings is 1. The summed E-state index contributed by atoms with van der Waals surface area (Å²) < 4.78 is 5.54. The number of nitrogens with zero attached hydrogens (tertiary/aromatic N) is 4. The maximum Gasteiger partial charge on any atom is 0.269 e. The average Bonchev–Trinajstić information content (AvgIpc) is 3.22. The first-order valence-corrected chi connectivity index (χ1v) is 9.04. The van der Waals surface area contributed by atoms with Gasteiger partial charge in [-0.2, -0.15) is 0 Å². The lowest BCUT2D eigenvalue weighted by atomic mass is 10.2. The third-order valence-corrected chi connectivity index (χ3v) is 4.45. The predicted octanol–water partition coefficient (Wildman–Crippen LogP) is 3.92. The van der Waals surface area contributed by atoms with E-state index in [1.54, 1.807) is 18.4 Å². The molecule has 0 saturated carbocycles. The fourth-order valence-electron chi connectivity index (χ4n) is 2.85. The van der Waals surface area contributed by atoms with Crippen molar-refractivity contribution in [2.24, 2.45) is 0 Å². The standard InChI is InChI=1S/C20H23N5O3/c1-4-15-12-19(21-13-17(24(2)3)18-6-5-11-28-18)23-20(22-15)14-7-9-16(10-8-14)25(26)27/h5-12,17H,4,13H2,1-3H3,(H,21,22,23). The number of non-ortho nitro benzene ring substituents is 1. The van der Waals surface area contributed by atoms with Gasteiger partial charge in [-0.05, 0) is 44.8 Å². The third-order valence-electron chi connectivity index (χ3n) is 4.45. The highest BCUT2D eigenvalue weighted by atomic mass is 16.6. The molecule has 0 saturated heterocycles. The second-order valence-electron chi connectivity index (χ2n) is 6.60. The summed E-state index contributed by atoms with van der Waals surface area (Å²) in [5.41, 5.74) is 1.67. The predicted molar refractivity (Wildman–Crippen MR) is 107 cm³/mol. The van der Waals surface area contributed by atoms with Gasteiger partial charge in [0, 0.05) is 36.0 Å². The molecule has 0 fully saturated rings. The Morgan fingerprint density at radius 2 is 1.96 bits per heavy atom. The average molecular weight is 381 g/mol. The largest absolute Gasteiger partial charge is 0.468 e. The molecule has 0 radical (unpaired) electrons. The van der Waals surface area contributed by atoms with Crippen LogP contribution < -0.4 is 5.32 Å². The lowest BCUT2D eigenvalue weighted by Gasteiger charge is -2.23. The molecule has 0 bridgehead atoms. The zero-order valence-corrected chi connectivity index (χ0v) is 16.1. The van der Waals surface area contributed by atoms with Crippen molar-refractivity contribution in [2.75, 3.05) is 26.0 Å². The summed E-state index contributed by atoms with van der Waals surface area (Å²) in [6, 6.07) is 12.1. The van der Waals surface area contributed by atoms with Crippen molar-refractivity contribution in [2.45, 2.75) is 19.4 Å². The Balaban J connectivity index is 1.83. The summed E-state index contributed by atoms with van der Waals surface area (Å²) in [4.78, 5) is 21.7. The lowest BCUT2D eigenvalue weighted by molar-refractivity contribution is -0.384. The Hall–Kier alpha value is -3.26. The second-order valence-corrected chi connectivity index (χ2v) is 6.60. The van der Waals surface area contributed by atoms with Crippen LogP contribution in [0.2, 0.25) is 0 Å². The molecule has 0 aliphatic heterocycles. The molecule has 1 atom stereocenters. The minimum atomic E-state index is -0.421. The van der Waals surface area contributed by atoms with Crippen LogP contribution in [0.15, 0.2) is 53.1 Å². The van der Waals surface area contributed by atoms with E-state index >= 15 is 0 Å². The van der Waals surface area contributed by atoms with Gasteiger partial charge >= 0.3 is 0 Å². The van der Waals surface area contributed by atoms with E-state index in [2.05, 4.69) is 20.2 Å². The number of likely N-dealkylation sites (N-methyl/N-ethyl adjacent to an activating group) is 1. The number of nitro benzene ring substituents is 1. The molecule has 146 valence electrons. The quantitative estimate of drug-likeness (QED) is 0.466. The number of hydrogen-bond donors (Lipinski definition) is 1. The smallest absolute Gasteiger partial charge is 0.269 e. The van der Waals surface area contributed by atoms with E-state index in [4.69, 9.17) is 4.42 Å². The zero-order chi connectivity index (χ0) is 20.1. The van der Waals surface area contributed by atoms with Crippen molar-refractivity contribution in [1.29, 1.82) is 0 Å². The van der Waals surface area contributed by atoms with E-state index in [0.29, 0.717) is 18.2 Å². The van der Waals surface area contributed by atoms with Gasteiger partial charge in [-0.25, -0.2) is 9.97 Å². The van der Waals surface area contributed by atoms with E-state index in [-0.39, 0.29) is 11.7 Å². The fraction of sp³-hybridized carbons (Fsp3) is 0.300.